The molecule has 1 saturated heterocycles. The standard InChI is InChI=1S/C30H37N3O3S/c1-23-11-14-28(15-12-23)37(35,36)33(29-18-24(2)10-13-25(29)3)22-30(34)31-20-26-8-7-9-27(19-26)21-32-16-5-4-6-17-32/h7-15,18-19H,4-6,16-17,20-22H2,1-3H3,(H,31,34). The van der Waals surface area contributed by atoms with Crippen molar-refractivity contribution in [3.63, 3.8) is 0 Å². The van der Waals surface area contributed by atoms with Crippen LogP contribution >= 0.6 is 0 Å². The van der Waals surface area contributed by atoms with Crippen LogP contribution in [0, 0.1) is 20.8 Å². The highest BCUT2D eigenvalue weighted by Gasteiger charge is 2.28. The van der Waals surface area contributed by atoms with Crippen LogP contribution in [0.25, 0.3) is 0 Å². The number of carbonyl (C=O) groups is 1. The van der Waals surface area contributed by atoms with Crippen LogP contribution in [-0.2, 0) is 27.9 Å². The molecule has 1 aliphatic rings. The first kappa shape index (κ1) is 26.9. The number of hydrogen-bond donors (Lipinski definition) is 1. The summed E-state index contributed by atoms with van der Waals surface area (Å²) >= 11 is 0. The van der Waals surface area contributed by atoms with Gasteiger partial charge in [0.1, 0.15) is 6.54 Å². The molecular formula is C30H37N3O3S. The van der Waals surface area contributed by atoms with Crippen LogP contribution in [0.15, 0.2) is 71.6 Å². The summed E-state index contributed by atoms with van der Waals surface area (Å²) in [6.45, 7) is 8.90. The third-order valence-corrected chi connectivity index (χ3v) is 8.64. The fourth-order valence-electron chi connectivity index (χ4n) is 4.73. The molecule has 1 N–H and O–H groups in total. The van der Waals surface area contributed by atoms with Crippen molar-refractivity contribution >= 4 is 21.6 Å². The van der Waals surface area contributed by atoms with Crippen molar-refractivity contribution in [2.75, 3.05) is 23.9 Å². The molecule has 0 aliphatic carbocycles. The number of anilines is 1. The lowest BCUT2D eigenvalue weighted by molar-refractivity contribution is -0.119. The van der Waals surface area contributed by atoms with Crippen LogP contribution in [0.2, 0.25) is 0 Å². The van der Waals surface area contributed by atoms with Gasteiger partial charge in [-0.1, -0.05) is 60.5 Å². The summed E-state index contributed by atoms with van der Waals surface area (Å²) in [6, 6.07) is 20.6. The maximum absolute atomic E-state index is 13.7. The van der Waals surface area contributed by atoms with Gasteiger partial charge in [-0.15, -0.1) is 0 Å². The minimum Gasteiger partial charge on any atom is -0.350 e. The monoisotopic (exact) mass is 519 g/mol. The lowest BCUT2D eigenvalue weighted by atomic mass is 10.1. The number of amides is 1. The Labute approximate surface area is 221 Å². The zero-order valence-corrected chi connectivity index (χ0v) is 22.9. The summed E-state index contributed by atoms with van der Waals surface area (Å²) in [5, 5.41) is 2.94. The number of nitrogens with one attached hydrogen (secondary N) is 1. The zero-order valence-electron chi connectivity index (χ0n) is 22.0. The van der Waals surface area contributed by atoms with E-state index in [0.29, 0.717) is 12.2 Å². The van der Waals surface area contributed by atoms with Gasteiger partial charge >= 0.3 is 0 Å². The van der Waals surface area contributed by atoms with E-state index in [2.05, 4.69) is 22.3 Å². The molecule has 0 bridgehead atoms. The molecule has 0 radical (unpaired) electrons. The zero-order chi connectivity index (χ0) is 26.4. The fourth-order valence-corrected chi connectivity index (χ4v) is 6.20. The molecule has 0 atom stereocenters. The van der Waals surface area contributed by atoms with Gasteiger partial charge < -0.3 is 5.32 Å². The highest BCUT2D eigenvalue weighted by atomic mass is 32.2. The normalized spacial score (nSPS) is 14.4. The molecule has 4 rings (SSSR count). The van der Waals surface area contributed by atoms with Crippen LogP contribution in [0.3, 0.4) is 0 Å². The van der Waals surface area contributed by atoms with E-state index in [1.54, 1.807) is 24.3 Å². The van der Waals surface area contributed by atoms with Crippen LogP contribution < -0.4 is 9.62 Å². The van der Waals surface area contributed by atoms with E-state index >= 15 is 0 Å². The van der Waals surface area contributed by atoms with E-state index in [-0.39, 0.29) is 17.3 Å². The minimum atomic E-state index is -3.94. The summed E-state index contributed by atoms with van der Waals surface area (Å²) in [5.74, 6) is -0.349. The average molecular weight is 520 g/mol. The molecule has 0 saturated carbocycles. The van der Waals surface area contributed by atoms with Crippen molar-refractivity contribution < 1.29 is 13.2 Å². The Morgan fingerprint density at radius 2 is 1.54 bits per heavy atom. The molecule has 0 spiro atoms. The molecule has 0 aromatic heterocycles. The number of carbonyl (C=O) groups excluding carboxylic acids is 1. The molecular weight excluding hydrogens is 482 g/mol. The predicted octanol–water partition coefficient (Wildman–Crippen LogP) is 5.11. The van der Waals surface area contributed by atoms with Crippen LogP contribution in [-0.4, -0.2) is 38.9 Å². The lowest BCUT2D eigenvalue weighted by Gasteiger charge is -2.26. The number of piperidine rings is 1. The maximum atomic E-state index is 13.7. The van der Waals surface area contributed by atoms with Gasteiger partial charge in [0.2, 0.25) is 5.91 Å². The van der Waals surface area contributed by atoms with Gasteiger partial charge in [0.25, 0.3) is 10.0 Å². The number of sulfonamides is 1. The number of likely N-dealkylation sites (tertiary alicyclic amines) is 1. The highest BCUT2D eigenvalue weighted by Crippen LogP contribution is 2.28. The van der Waals surface area contributed by atoms with Gasteiger partial charge in [-0.2, -0.15) is 0 Å². The predicted molar refractivity (Wildman–Crippen MR) is 149 cm³/mol. The Hall–Kier alpha value is -3.16. The molecule has 1 amide bonds. The molecule has 1 heterocycles. The van der Waals surface area contributed by atoms with Gasteiger partial charge in [-0.05, 0) is 87.2 Å². The SMILES string of the molecule is Cc1ccc(S(=O)(=O)N(CC(=O)NCc2cccc(CN3CCCCC3)c2)c2cc(C)ccc2C)cc1. The first-order valence-electron chi connectivity index (χ1n) is 13.0. The topological polar surface area (TPSA) is 69.7 Å². The van der Waals surface area contributed by atoms with Gasteiger partial charge in [-0.25, -0.2) is 8.42 Å². The molecule has 1 fully saturated rings. The van der Waals surface area contributed by atoms with E-state index in [4.69, 9.17) is 0 Å². The van der Waals surface area contributed by atoms with E-state index in [9.17, 15) is 13.2 Å². The Balaban J connectivity index is 1.50. The quantitative estimate of drug-likeness (QED) is 0.427. The molecule has 7 heteroatoms. The lowest BCUT2D eigenvalue weighted by Crippen LogP contribution is -2.41. The second-order valence-electron chi connectivity index (χ2n) is 10.0. The Bertz CT molecular complexity index is 1330. The van der Waals surface area contributed by atoms with Crippen LogP contribution in [0.4, 0.5) is 5.69 Å². The molecule has 6 nitrogen and oxygen atoms in total. The second kappa shape index (κ2) is 11.9. The summed E-state index contributed by atoms with van der Waals surface area (Å²) in [5.41, 5.74) is 5.43. The largest absolute Gasteiger partial charge is 0.350 e. The Morgan fingerprint density at radius 3 is 2.27 bits per heavy atom. The Kier molecular flexibility index (Phi) is 8.67. The van der Waals surface area contributed by atoms with Crippen molar-refractivity contribution in [3.05, 3.63) is 94.5 Å². The average Bonchev–Trinajstić information content (AvgIpc) is 2.88. The van der Waals surface area contributed by atoms with Crippen molar-refractivity contribution in [3.8, 4) is 0 Å². The number of aryl methyl sites for hydroxylation is 3. The first-order valence-corrected chi connectivity index (χ1v) is 14.4. The number of rotatable bonds is 9. The minimum absolute atomic E-state index is 0.164. The summed E-state index contributed by atoms with van der Waals surface area (Å²) in [6.07, 6.45) is 3.80. The summed E-state index contributed by atoms with van der Waals surface area (Å²) < 4.78 is 28.6. The van der Waals surface area contributed by atoms with Gasteiger partial charge in [0, 0.05) is 13.1 Å². The van der Waals surface area contributed by atoms with E-state index < -0.39 is 10.0 Å². The molecule has 3 aromatic carbocycles. The highest BCUT2D eigenvalue weighted by molar-refractivity contribution is 7.92. The number of nitrogens with zero attached hydrogens (tertiary/aromatic N) is 2. The van der Waals surface area contributed by atoms with Gasteiger partial charge in [0.15, 0.2) is 0 Å². The maximum Gasteiger partial charge on any atom is 0.264 e. The number of benzene rings is 3. The summed E-state index contributed by atoms with van der Waals surface area (Å²) in [4.78, 5) is 15.7. The van der Waals surface area contributed by atoms with Crippen molar-refractivity contribution in [2.45, 2.75) is 58.0 Å². The van der Waals surface area contributed by atoms with Crippen molar-refractivity contribution in [1.29, 1.82) is 0 Å². The van der Waals surface area contributed by atoms with Crippen LogP contribution in [0.5, 0.6) is 0 Å². The number of hydrogen-bond acceptors (Lipinski definition) is 4. The second-order valence-corrected chi connectivity index (χ2v) is 11.9. The van der Waals surface area contributed by atoms with E-state index in [1.165, 1.54) is 29.1 Å². The molecule has 0 unspecified atom stereocenters. The van der Waals surface area contributed by atoms with E-state index in [0.717, 1.165) is 41.9 Å². The third kappa shape index (κ3) is 6.99. The first-order chi connectivity index (χ1) is 17.7. The molecule has 196 valence electrons. The van der Waals surface area contributed by atoms with Crippen molar-refractivity contribution in [1.82, 2.24) is 10.2 Å². The van der Waals surface area contributed by atoms with Gasteiger partial charge in [-0.3, -0.25) is 14.0 Å². The smallest absolute Gasteiger partial charge is 0.264 e. The Morgan fingerprint density at radius 1 is 0.865 bits per heavy atom. The molecule has 37 heavy (non-hydrogen) atoms. The van der Waals surface area contributed by atoms with Crippen molar-refractivity contribution in [2.24, 2.45) is 0 Å². The van der Waals surface area contributed by atoms with E-state index in [1.807, 2.05) is 51.1 Å². The fraction of sp³-hybridized carbons (Fsp3) is 0.367. The molecule has 3 aromatic rings. The van der Waals surface area contributed by atoms with Crippen LogP contribution in [0.1, 0.15) is 47.1 Å². The molecule has 1 aliphatic heterocycles. The third-order valence-electron chi connectivity index (χ3n) is 6.87. The van der Waals surface area contributed by atoms with Gasteiger partial charge in [0.05, 0.1) is 10.6 Å². The summed E-state index contributed by atoms with van der Waals surface area (Å²) in [7, 11) is -3.94.